The molecule has 0 amide bonds. The van der Waals surface area contributed by atoms with E-state index in [1.54, 1.807) is 37.4 Å². The van der Waals surface area contributed by atoms with Crippen molar-refractivity contribution in [3.8, 4) is 11.6 Å². The molecular formula is C14H15NO3. The van der Waals surface area contributed by atoms with E-state index in [2.05, 4.69) is 4.98 Å². The van der Waals surface area contributed by atoms with Crippen LogP contribution in [-0.2, 0) is 6.61 Å². The van der Waals surface area contributed by atoms with E-state index < -0.39 is 6.10 Å². The number of ether oxygens (including phenoxy) is 1. The standard InChI is InChI=1S/C14H15NO3/c1-10(17)12-6-4-8-15-14(12)18-13-7-3-2-5-11(13)9-16/h2-8,10,16-17H,9H2,1H3/t10-/m1/s1. The predicted molar refractivity (Wildman–Crippen MR) is 67.3 cm³/mol. The Morgan fingerprint density at radius 3 is 2.72 bits per heavy atom. The first-order valence-electron chi connectivity index (χ1n) is 5.72. The van der Waals surface area contributed by atoms with E-state index in [9.17, 15) is 10.2 Å². The lowest BCUT2D eigenvalue weighted by Crippen LogP contribution is -1.99. The van der Waals surface area contributed by atoms with Gasteiger partial charge < -0.3 is 14.9 Å². The van der Waals surface area contributed by atoms with Gasteiger partial charge in [-0.05, 0) is 25.1 Å². The second-order valence-corrected chi connectivity index (χ2v) is 3.94. The molecule has 1 heterocycles. The zero-order chi connectivity index (χ0) is 13.0. The monoisotopic (exact) mass is 245 g/mol. The van der Waals surface area contributed by atoms with Crippen LogP contribution in [0.5, 0.6) is 11.6 Å². The van der Waals surface area contributed by atoms with Crippen LogP contribution in [-0.4, -0.2) is 15.2 Å². The lowest BCUT2D eigenvalue weighted by atomic mass is 10.2. The molecule has 0 radical (unpaired) electrons. The lowest BCUT2D eigenvalue weighted by Gasteiger charge is -2.13. The highest BCUT2D eigenvalue weighted by Crippen LogP contribution is 2.29. The molecule has 0 saturated carbocycles. The fourth-order valence-electron chi connectivity index (χ4n) is 1.64. The maximum absolute atomic E-state index is 9.64. The van der Waals surface area contributed by atoms with Crippen LogP contribution in [0.25, 0.3) is 0 Å². The van der Waals surface area contributed by atoms with Gasteiger partial charge >= 0.3 is 0 Å². The van der Waals surface area contributed by atoms with E-state index >= 15 is 0 Å². The normalized spacial score (nSPS) is 12.2. The molecule has 4 nitrogen and oxygen atoms in total. The quantitative estimate of drug-likeness (QED) is 0.868. The van der Waals surface area contributed by atoms with Gasteiger partial charge in [0.05, 0.1) is 12.7 Å². The Balaban J connectivity index is 2.34. The van der Waals surface area contributed by atoms with Crippen LogP contribution in [0.15, 0.2) is 42.6 Å². The summed E-state index contributed by atoms with van der Waals surface area (Å²) < 4.78 is 5.66. The average molecular weight is 245 g/mol. The molecule has 0 aliphatic rings. The van der Waals surface area contributed by atoms with Crippen molar-refractivity contribution in [3.05, 3.63) is 53.7 Å². The third kappa shape index (κ3) is 2.67. The van der Waals surface area contributed by atoms with E-state index in [1.165, 1.54) is 0 Å². The van der Waals surface area contributed by atoms with Crippen molar-refractivity contribution < 1.29 is 14.9 Å². The van der Waals surface area contributed by atoms with Gasteiger partial charge in [-0.25, -0.2) is 4.98 Å². The molecule has 18 heavy (non-hydrogen) atoms. The van der Waals surface area contributed by atoms with Crippen LogP contribution in [0.1, 0.15) is 24.2 Å². The van der Waals surface area contributed by atoms with Gasteiger partial charge in [-0.1, -0.05) is 18.2 Å². The number of aliphatic hydroxyl groups excluding tert-OH is 2. The Morgan fingerprint density at radius 1 is 1.22 bits per heavy atom. The molecule has 1 atom stereocenters. The van der Waals surface area contributed by atoms with Crippen LogP contribution in [0.2, 0.25) is 0 Å². The fraction of sp³-hybridized carbons (Fsp3) is 0.214. The molecule has 0 spiro atoms. The van der Waals surface area contributed by atoms with Crippen molar-refractivity contribution in [2.45, 2.75) is 19.6 Å². The molecule has 0 saturated heterocycles. The number of hydrogen-bond donors (Lipinski definition) is 2. The molecule has 94 valence electrons. The van der Waals surface area contributed by atoms with E-state index in [0.29, 0.717) is 22.8 Å². The molecule has 0 aliphatic heterocycles. The van der Waals surface area contributed by atoms with Crippen molar-refractivity contribution in [2.24, 2.45) is 0 Å². The van der Waals surface area contributed by atoms with E-state index in [1.807, 2.05) is 12.1 Å². The summed E-state index contributed by atoms with van der Waals surface area (Å²) in [5.41, 5.74) is 1.30. The second kappa shape index (κ2) is 5.62. The number of rotatable bonds is 4. The number of hydrogen-bond acceptors (Lipinski definition) is 4. The molecule has 2 rings (SSSR count). The zero-order valence-electron chi connectivity index (χ0n) is 10.1. The number of para-hydroxylation sites is 1. The molecule has 1 aromatic heterocycles. The minimum Gasteiger partial charge on any atom is -0.438 e. The Bertz CT molecular complexity index is 526. The Kier molecular flexibility index (Phi) is 3.92. The van der Waals surface area contributed by atoms with Crippen LogP contribution in [0.3, 0.4) is 0 Å². The largest absolute Gasteiger partial charge is 0.438 e. The summed E-state index contributed by atoms with van der Waals surface area (Å²) in [5, 5.41) is 18.9. The van der Waals surface area contributed by atoms with Crippen molar-refractivity contribution in [2.75, 3.05) is 0 Å². The van der Waals surface area contributed by atoms with Crippen molar-refractivity contribution in [1.82, 2.24) is 4.98 Å². The van der Waals surface area contributed by atoms with Gasteiger partial charge in [0.2, 0.25) is 5.88 Å². The SMILES string of the molecule is C[C@@H](O)c1cccnc1Oc1ccccc1CO. The predicted octanol–water partition coefficient (Wildman–Crippen LogP) is 2.42. The molecule has 4 heteroatoms. The van der Waals surface area contributed by atoms with Crippen LogP contribution >= 0.6 is 0 Å². The second-order valence-electron chi connectivity index (χ2n) is 3.94. The highest BCUT2D eigenvalue weighted by molar-refractivity contribution is 5.38. The van der Waals surface area contributed by atoms with Crippen LogP contribution in [0.4, 0.5) is 0 Å². The lowest BCUT2D eigenvalue weighted by molar-refractivity contribution is 0.194. The van der Waals surface area contributed by atoms with Gasteiger partial charge in [-0.3, -0.25) is 0 Å². The number of benzene rings is 1. The Morgan fingerprint density at radius 2 is 2.00 bits per heavy atom. The fourth-order valence-corrected chi connectivity index (χ4v) is 1.64. The summed E-state index contributed by atoms with van der Waals surface area (Å²) in [5.74, 6) is 0.897. The molecule has 0 fully saturated rings. The first-order valence-corrected chi connectivity index (χ1v) is 5.72. The molecule has 0 aliphatic carbocycles. The maximum atomic E-state index is 9.64. The minimum absolute atomic E-state index is 0.104. The summed E-state index contributed by atoms with van der Waals surface area (Å²) in [6, 6.07) is 10.7. The molecule has 2 N–H and O–H groups in total. The number of pyridine rings is 1. The number of nitrogens with zero attached hydrogens (tertiary/aromatic N) is 1. The highest BCUT2D eigenvalue weighted by atomic mass is 16.5. The van der Waals surface area contributed by atoms with Gasteiger partial charge in [0.1, 0.15) is 5.75 Å². The Labute approximate surface area is 106 Å². The van der Waals surface area contributed by atoms with Gasteiger partial charge in [-0.15, -0.1) is 0 Å². The van der Waals surface area contributed by atoms with Gasteiger partial charge in [0.25, 0.3) is 0 Å². The summed E-state index contributed by atoms with van der Waals surface area (Å²) in [6.45, 7) is 1.55. The van der Waals surface area contributed by atoms with Crippen molar-refractivity contribution >= 4 is 0 Å². The Hall–Kier alpha value is -1.91. The third-order valence-electron chi connectivity index (χ3n) is 2.60. The zero-order valence-corrected chi connectivity index (χ0v) is 10.1. The van der Waals surface area contributed by atoms with E-state index in [0.717, 1.165) is 0 Å². The maximum Gasteiger partial charge on any atom is 0.225 e. The average Bonchev–Trinajstić information content (AvgIpc) is 2.40. The van der Waals surface area contributed by atoms with E-state index in [-0.39, 0.29) is 6.61 Å². The molecular weight excluding hydrogens is 230 g/mol. The third-order valence-corrected chi connectivity index (χ3v) is 2.60. The molecule has 0 unspecified atom stereocenters. The first-order chi connectivity index (χ1) is 8.72. The number of aromatic nitrogens is 1. The topological polar surface area (TPSA) is 62.6 Å². The molecule has 0 bridgehead atoms. The first kappa shape index (κ1) is 12.5. The molecule has 1 aromatic carbocycles. The van der Waals surface area contributed by atoms with Crippen molar-refractivity contribution in [1.29, 1.82) is 0 Å². The van der Waals surface area contributed by atoms with Crippen LogP contribution < -0.4 is 4.74 Å². The smallest absolute Gasteiger partial charge is 0.225 e. The minimum atomic E-state index is -0.657. The van der Waals surface area contributed by atoms with Crippen molar-refractivity contribution in [3.63, 3.8) is 0 Å². The van der Waals surface area contributed by atoms with E-state index in [4.69, 9.17) is 4.74 Å². The summed E-state index contributed by atoms with van der Waals surface area (Å²) in [4.78, 5) is 4.11. The summed E-state index contributed by atoms with van der Waals surface area (Å²) in [6.07, 6.45) is 0.943. The van der Waals surface area contributed by atoms with Crippen LogP contribution in [0, 0.1) is 0 Å². The van der Waals surface area contributed by atoms with Gasteiger partial charge in [0, 0.05) is 17.3 Å². The van der Waals surface area contributed by atoms with Gasteiger partial charge in [-0.2, -0.15) is 0 Å². The highest BCUT2D eigenvalue weighted by Gasteiger charge is 2.12. The summed E-state index contributed by atoms with van der Waals surface area (Å²) in [7, 11) is 0. The van der Waals surface area contributed by atoms with Gasteiger partial charge in [0.15, 0.2) is 0 Å². The molecule has 2 aromatic rings. The summed E-state index contributed by atoms with van der Waals surface area (Å²) >= 11 is 0. The number of aliphatic hydroxyl groups is 2.